The molecule has 0 N–H and O–H groups in total. The summed E-state index contributed by atoms with van der Waals surface area (Å²) in [5, 5.41) is 4.91. The van der Waals surface area contributed by atoms with Crippen molar-refractivity contribution in [1.29, 1.82) is 0 Å². The Morgan fingerprint density at radius 3 is 2.76 bits per heavy atom. The summed E-state index contributed by atoms with van der Waals surface area (Å²) < 4.78 is 10.1. The third kappa shape index (κ3) is 1.63. The van der Waals surface area contributed by atoms with Crippen molar-refractivity contribution in [3.63, 3.8) is 0 Å². The van der Waals surface area contributed by atoms with Gasteiger partial charge in [0.1, 0.15) is 23.2 Å². The monoisotopic (exact) mass is 226 g/mol. The zero-order chi connectivity index (χ0) is 11.7. The van der Waals surface area contributed by atoms with Gasteiger partial charge in [-0.2, -0.15) is 0 Å². The van der Waals surface area contributed by atoms with Crippen LogP contribution in [0.2, 0.25) is 0 Å². The fourth-order valence-corrected chi connectivity index (χ4v) is 1.77. The average molecular weight is 226 g/mol. The van der Waals surface area contributed by atoms with E-state index in [2.05, 4.69) is 10.1 Å². The highest BCUT2D eigenvalue weighted by molar-refractivity contribution is 5.86. The molecule has 3 aromatic rings. The van der Waals surface area contributed by atoms with Gasteiger partial charge in [-0.25, -0.2) is 4.98 Å². The molecule has 2 heterocycles. The molecule has 0 fully saturated rings. The lowest BCUT2D eigenvalue weighted by Crippen LogP contribution is -1.89. The van der Waals surface area contributed by atoms with Crippen molar-refractivity contribution >= 4 is 10.9 Å². The van der Waals surface area contributed by atoms with Gasteiger partial charge in [0.2, 0.25) is 0 Å². The van der Waals surface area contributed by atoms with E-state index in [-0.39, 0.29) is 0 Å². The molecule has 0 spiro atoms. The molecular formula is C13H10N2O2. The van der Waals surface area contributed by atoms with Crippen LogP contribution in [0.4, 0.5) is 0 Å². The van der Waals surface area contributed by atoms with Crippen molar-refractivity contribution in [1.82, 2.24) is 10.1 Å². The Hall–Kier alpha value is -2.36. The molecule has 0 amide bonds. The maximum atomic E-state index is 5.29. The van der Waals surface area contributed by atoms with Gasteiger partial charge in [-0.05, 0) is 12.1 Å². The number of nitrogens with zero attached hydrogens (tertiary/aromatic N) is 2. The zero-order valence-corrected chi connectivity index (χ0v) is 9.25. The first-order chi connectivity index (χ1) is 8.38. The van der Waals surface area contributed by atoms with E-state index in [1.165, 1.54) is 6.26 Å². The molecule has 2 aromatic heterocycles. The molecule has 0 radical (unpaired) electrons. The first kappa shape index (κ1) is 9.84. The summed E-state index contributed by atoms with van der Waals surface area (Å²) in [6, 6.07) is 11.5. The van der Waals surface area contributed by atoms with Gasteiger partial charge < -0.3 is 9.26 Å². The van der Waals surface area contributed by atoms with Crippen LogP contribution in [-0.2, 0) is 0 Å². The van der Waals surface area contributed by atoms with Gasteiger partial charge in [-0.15, -0.1) is 0 Å². The SMILES string of the molecule is COc1cccc2ccc(-c3ccon3)nc12. The minimum atomic E-state index is 0.720. The molecule has 0 aliphatic rings. The number of para-hydroxylation sites is 1. The van der Waals surface area contributed by atoms with Crippen molar-refractivity contribution in [3.8, 4) is 17.1 Å². The molecule has 84 valence electrons. The van der Waals surface area contributed by atoms with Crippen LogP contribution in [0.3, 0.4) is 0 Å². The highest BCUT2D eigenvalue weighted by Gasteiger charge is 2.07. The van der Waals surface area contributed by atoms with E-state index in [1.54, 1.807) is 13.2 Å². The van der Waals surface area contributed by atoms with Crippen LogP contribution in [0.25, 0.3) is 22.3 Å². The van der Waals surface area contributed by atoms with Gasteiger partial charge in [0.05, 0.1) is 12.8 Å². The molecular weight excluding hydrogens is 216 g/mol. The second-order valence-corrected chi connectivity index (χ2v) is 3.61. The Kier molecular flexibility index (Phi) is 2.26. The first-order valence-electron chi connectivity index (χ1n) is 5.23. The summed E-state index contributed by atoms with van der Waals surface area (Å²) >= 11 is 0. The second-order valence-electron chi connectivity index (χ2n) is 3.61. The fraction of sp³-hybridized carbons (Fsp3) is 0.0769. The molecule has 1 aromatic carbocycles. The number of hydrogen-bond donors (Lipinski definition) is 0. The lowest BCUT2D eigenvalue weighted by atomic mass is 10.1. The number of rotatable bonds is 2. The maximum Gasteiger partial charge on any atom is 0.145 e. The van der Waals surface area contributed by atoms with Crippen LogP contribution in [0.5, 0.6) is 5.75 Å². The molecule has 0 saturated heterocycles. The lowest BCUT2D eigenvalue weighted by Gasteiger charge is -2.05. The van der Waals surface area contributed by atoms with Crippen LogP contribution in [0.15, 0.2) is 47.2 Å². The summed E-state index contributed by atoms with van der Waals surface area (Å²) in [6.45, 7) is 0. The van der Waals surface area contributed by atoms with E-state index in [0.29, 0.717) is 0 Å². The minimum absolute atomic E-state index is 0.720. The average Bonchev–Trinajstić information content (AvgIpc) is 2.91. The predicted octanol–water partition coefficient (Wildman–Crippen LogP) is 2.90. The second kappa shape index (κ2) is 3.90. The van der Waals surface area contributed by atoms with Gasteiger partial charge in [0, 0.05) is 11.5 Å². The van der Waals surface area contributed by atoms with E-state index in [0.717, 1.165) is 28.0 Å². The number of methoxy groups -OCH3 is 1. The lowest BCUT2D eigenvalue weighted by molar-refractivity contribution is 0.418. The van der Waals surface area contributed by atoms with Crippen molar-refractivity contribution in [2.75, 3.05) is 7.11 Å². The van der Waals surface area contributed by atoms with Crippen molar-refractivity contribution in [3.05, 3.63) is 42.7 Å². The van der Waals surface area contributed by atoms with Gasteiger partial charge in [0.25, 0.3) is 0 Å². The molecule has 0 unspecified atom stereocenters. The summed E-state index contributed by atoms with van der Waals surface area (Å²) in [5.41, 5.74) is 2.32. The van der Waals surface area contributed by atoms with Crippen molar-refractivity contribution < 1.29 is 9.26 Å². The Bertz CT molecular complexity index is 648. The third-order valence-electron chi connectivity index (χ3n) is 2.60. The van der Waals surface area contributed by atoms with Crippen LogP contribution in [0.1, 0.15) is 0 Å². The minimum Gasteiger partial charge on any atom is -0.494 e. The fourth-order valence-electron chi connectivity index (χ4n) is 1.77. The molecule has 3 rings (SSSR count). The Morgan fingerprint density at radius 1 is 1.06 bits per heavy atom. The highest BCUT2D eigenvalue weighted by Crippen LogP contribution is 2.26. The Morgan fingerprint density at radius 2 is 2.00 bits per heavy atom. The Labute approximate surface area is 97.8 Å². The molecule has 4 nitrogen and oxygen atoms in total. The maximum absolute atomic E-state index is 5.29. The standard InChI is InChI=1S/C13H10N2O2/c1-16-12-4-2-3-9-5-6-10(14-13(9)12)11-7-8-17-15-11/h2-8H,1H3. The van der Waals surface area contributed by atoms with Crippen LogP contribution >= 0.6 is 0 Å². The summed E-state index contributed by atoms with van der Waals surface area (Å²) in [6.07, 6.45) is 1.53. The number of fused-ring (bicyclic) bond motifs is 1. The molecule has 0 bridgehead atoms. The smallest absolute Gasteiger partial charge is 0.145 e. The number of hydrogen-bond acceptors (Lipinski definition) is 4. The van der Waals surface area contributed by atoms with E-state index in [1.807, 2.05) is 30.3 Å². The molecule has 17 heavy (non-hydrogen) atoms. The van der Waals surface area contributed by atoms with Crippen LogP contribution < -0.4 is 4.74 Å². The van der Waals surface area contributed by atoms with E-state index in [4.69, 9.17) is 9.26 Å². The van der Waals surface area contributed by atoms with Crippen molar-refractivity contribution in [2.45, 2.75) is 0 Å². The van der Waals surface area contributed by atoms with Crippen LogP contribution in [0, 0.1) is 0 Å². The van der Waals surface area contributed by atoms with Gasteiger partial charge in [0.15, 0.2) is 0 Å². The molecule has 0 aliphatic carbocycles. The largest absolute Gasteiger partial charge is 0.494 e. The number of pyridine rings is 1. The molecule has 4 heteroatoms. The third-order valence-corrected chi connectivity index (χ3v) is 2.60. The zero-order valence-electron chi connectivity index (χ0n) is 9.25. The highest BCUT2D eigenvalue weighted by atomic mass is 16.5. The molecule has 0 atom stereocenters. The van der Waals surface area contributed by atoms with E-state index in [9.17, 15) is 0 Å². The molecule has 0 aliphatic heterocycles. The molecule has 0 saturated carbocycles. The Balaban J connectivity index is 2.24. The first-order valence-corrected chi connectivity index (χ1v) is 5.23. The van der Waals surface area contributed by atoms with Gasteiger partial charge in [-0.3, -0.25) is 0 Å². The number of aromatic nitrogens is 2. The quantitative estimate of drug-likeness (QED) is 0.674. The summed E-state index contributed by atoms with van der Waals surface area (Å²) in [4.78, 5) is 4.54. The van der Waals surface area contributed by atoms with E-state index < -0.39 is 0 Å². The van der Waals surface area contributed by atoms with E-state index >= 15 is 0 Å². The van der Waals surface area contributed by atoms with Crippen LogP contribution in [-0.4, -0.2) is 17.3 Å². The normalized spacial score (nSPS) is 10.6. The predicted molar refractivity (Wildman–Crippen MR) is 63.8 cm³/mol. The number of ether oxygens (including phenoxy) is 1. The van der Waals surface area contributed by atoms with Crippen molar-refractivity contribution in [2.24, 2.45) is 0 Å². The summed E-state index contributed by atoms with van der Waals surface area (Å²) in [7, 11) is 1.64. The van der Waals surface area contributed by atoms with Gasteiger partial charge >= 0.3 is 0 Å². The van der Waals surface area contributed by atoms with Gasteiger partial charge in [-0.1, -0.05) is 23.4 Å². The summed E-state index contributed by atoms with van der Waals surface area (Å²) in [5.74, 6) is 0.757. The topological polar surface area (TPSA) is 48.2 Å². The number of benzene rings is 1.